The van der Waals surface area contributed by atoms with Gasteiger partial charge in [0.15, 0.2) is 0 Å². The van der Waals surface area contributed by atoms with E-state index >= 15 is 0 Å². The van der Waals surface area contributed by atoms with Crippen LogP contribution in [0.25, 0.3) is 0 Å². The minimum Gasteiger partial charge on any atom is -0.497 e. The Kier molecular flexibility index (Phi) is 6.75. The second-order valence-corrected chi connectivity index (χ2v) is 7.87. The highest BCUT2D eigenvalue weighted by molar-refractivity contribution is 5.98. The number of rotatable bonds is 7. The third kappa shape index (κ3) is 4.77. The van der Waals surface area contributed by atoms with Gasteiger partial charge in [0.25, 0.3) is 0 Å². The third-order valence-electron chi connectivity index (χ3n) is 5.93. The van der Waals surface area contributed by atoms with E-state index in [1.807, 2.05) is 23.1 Å². The summed E-state index contributed by atoms with van der Waals surface area (Å²) in [6.07, 6.45) is 1.80. The van der Waals surface area contributed by atoms with Crippen LogP contribution in [-0.2, 0) is 11.3 Å². The molecule has 3 amide bonds. The van der Waals surface area contributed by atoms with Crippen LogP contribution in [0, 0.1) is 0 Å². The molecule has 0 N–H and O–H groups in total. The number of benzene rings is 1. The van der Waals surface area contributed by atoms with Gasteiger partial charge in [0.05, 0.1) is 25.6 Å². The molecule has 1 aromatic carbocycles. The fraction of sp³-hybridized carbons (Fsp3) is 0.435. The summed E-state index contributed by atoms with van der Waals surface area (Å²) < 4.78 is 10.7. The van der Waals surface area contributed by atoms with Crippen LogP contribution in [0.5, 0.6) is 11.5 Å². The number of nitrogens with zero attached hydrogens (tertiary/aromatic N) is 5. The molecule has 0 unspecified atom stereocenters. The molecule has 4 rings (SSSR count). The zero-order valence-electron chi connectivity index (χ0n) is 18.6. The van der Waals surface area contributed by atoms with Crippen molar-refractivity contribution in [3.8, 4) is 11.5 Å². The van der Waals surface area contributed by atoms with E-state index in [0.717, 1.165) is 25.3 Å². The van der Waals surface area contributed by atoms with Gasteiger partial charge in [-0.1, -0.05) is 6.07 Å². The zero-order chi connectivity index (χ0) is 22.5. The highest BCUT2D eigenvalue weighted by atomic mass is 16.5. The highest BCUT2D eigenvalue weighted by Crippen LogP contribution is 2.34. The van der Waals surface area contributed by atoms with E-state index < -0.39 is 0 Å². The molecule has 2 fully saturated rings. The van der Waals surface area contributed by atoms with Crippen LogP contribution in [0.1, 0.15) is 5.69 Å². The van der Waals surface area contributed by atoms with Crippen molar-refractivity contribution in [1.29, 1.82) is 0 Å². The summed E-state index contributed by atoms with van der Waals surface area (Å²) in [6.45, 7) is 4.75. The lowest BCUT2D eigenvalue weighted by Crippen LogP contribution is -2.51. The number of piperazine rings is 1. The van der Waals surface area contributed by atoms with Crippen LogP contribution >= 0.6 is 0 Å². The Hall–Kier alpha value is -3.33. The molecule has 3 heterocycles. The van der Waals surface area contributed by atoms with Crippen LogP contribution in [0.4, 0.5) is 10.5 Å². The van der Waals surface area contributed by atoms with E-state index in [4.69, 9.17) is 9.47 Å². The predicted molar refractivity (Wildman–Crippen MR) is 120 cm³/mol. The van der Waals surface area contributed by atoms with Crippen LogP contribution in [0.2, 0.25) is 0 Å². The standard InChI is InChI=1S/C23H29N5O4/c1-31-19-6-7-21(32-2)20(15-19)28-14-13-27(23(28)30)17-22(29)26-11-9-25(10-12-26)16-18-5-3-4-8-24-18/h3-8,15H,9-14,16-17H2,1-2H3. The number of pyridine rings is 1. The Labute approximate surface area is 188 Å². The Balaban J connectivity index is 1.32. The number of carbonyl (C=O) groups is 2. The van der Waals surface area contributed by atoms with Gasteiger partial charge < -0.3 is 19.3 Å². The zero-order valence-corrected chi connectivity index (χ0v) is 18.6. The average molecular weight is 440 g/mol. The summed E-state index contributed by atoms with van der Waals surface area (Å²) >= 11 is 0. The van der Waals surface area contributed by atoms with E-state index in [0.29, 0.717) is 43.4 Å². The van der Waals surface area contributed by atoms with Crippen molar-refractivity contribution in [3.05, 3.63) is 48.3 Å². The van der Waals surface area contributed by atoms with Crippen LogP contribution in [0.15, 0.2) is 42.6 Å². The number of carbonyl (C=O) groups excluding carboxylic acids is 2. The Morgan fingerprint density at radius 3 is 2.50 bits per heavy atom. The molecule has 9 heteroatoms. The van der Waals surface area contributed by atoms with Gasteiger partial charge in [0.1, 0.15) is 18.0 Å². The first-order valence-electron chi connectivity index (χ1n) is 10.8. The van der Waals surface area contributed by atoms with Crippen molar-refractivity contribution in [2.45, 2.75) is 6.54 Å². The van der Waals surface area contributed by atoms with Gasteiger partial charge in [-0.05, 0) is 24.3 Å². The molecule has 32 heavy (non-hydrogen) atoms. The summed E-state index contributed by atoms with van der Waals surface area (Å²) in [5, 5.41) is 0. The lowest BCUT2D eigenvalue weighted by molar-refractivity contribution is -0.133. The molecule has 2 aromatic rings. The predicted octanol–water partition coefficient (Wildman–Crippen LogP) is 1.69. The number of hydrogen-bond donors (Lipinski definition) is 0. The molecule has 0 radical (unpaired) electrons. The lowest BCUT2D eigenvalue weighted by Gasteiger charge is -2.35. The molecule has 0 saturated carbocycles. The minimum absolute atomic E-state index is 0.0182. The molecule has 0 aliphatic carbocycles. The van der Waals surface area contributed by atoms with Gasteiger partial charge in [-0.3, -0.25) is 19.6 Å². The van der Waals surface area contributed by atoms with E-state index in [9.17, 15) is 9.59 Å². The SMILES string of the molecule is COc1ccc(OC)c(N2CCN(CC(=O)N3CCN(Cc4ccccn4)CC3)C2=O)c1. The van der Waals surface area contributed by atoms with Gasteiger partial charge in [-0.15, -0.1) is 0 Å². The molecule has 0 spiro atoms. The lowest BCUT2D eigenvalue weighted by atomic mass is 10.2. The van der Waals surface area contributed by atoms with Crippen LogP contribution in [0.3, 0.4) is 0 Å². The molecule has 0 bridgehead atoms. The normalized spacial score (nSPS) is 17.1. The van der Waals surface area contributed by atoms with Gasteiger partial charge in [-0.25, -0.2) is 4.79 Å². The fourth-order valence-electron chi connectivity index (χ4n) is 4.10. The number of anilines is 1. The van der Waals surface area contributed by atoms with Crippen molar-refractivity contribution < 1.29 is 19.1 Å². The number of amides is 3. The number of ether oxygens (including phenoxy) is 2. The first-order chi connectivity index (χ1) is 15.6. The third-order valence-corrected chi connectivity index (χ3v) is 5.93. The summed E-state index contributed by atoms with van der Waals surface area (Å²) in [6, 6.07) is 11.1. The van der Waals surface area contributed by atoms with Crippen molar-refractivity contribution in [2.75, 3.05) is 64.9 Å². The van der Waals surface area contributed by atoms with Crippen molar-refractivity contribution in [2.24, 2.45) is 0 Å². The summed E-state index contributed by atoms with van der Waals surface area (Å²) in [7, 11) is 3.15. The first-order valence-corrected chi connectivity index (χ1v) is 10.8. The highest BCUT2D eigenvalue weighted by Gasteiger charge is 2.34. The molecule has 2 aliphatic heterocycles. The van der Waals surface area contributed by atoms with Crippen LogP contribution in [-0.4, -0.2) is 91.7 Å². The molecule has 2 aliphatic rings. The molecule has 1 aromatic heterocycles. The monoisotopic (exact) mass is 439 g/mol. The summed E-state index contributed by atoms with van der Waals surface area (Å²) in [5.41, 5.74) is 1.68. The van der Waals surface area contributed by atoms with Crippen molar-refractivity contribution in [1.82, 2.24) is 19.7 Å². The maximum Gasteiger partial charge on any atom is 0.325 e. The molecule has 9 nitrogen and oxygen atoms in total. The Morgan fingerprint density at radius 1 is 1.00 bits per heavy atom. The molecule has 2 saturated heterocycles. The minimum atomic E-state index is -0.196. The van der Waals surface area contributed by atoms with E-state index in [1.165, 1.54) is 0 Å². The van der Waals surface area contributed by atoms with E-state index in [1.54, 1.807) is 48.4 Å². The van der Waals surface area contributed by atoms with Crippen molar-refractivity contribution >= 4 is 17.6 Å². The smallest absolute Gasteiger partial charge is 0.325 e. The number of hydrogen-bond acceptors (Lipinski definition) is 6. The average Bonchev–Trinajstić information content (AvgIpc) is 3.19. The van der Waals surface area contributed by atoms with Gasteiger partial charge in [0.2, 0.25) is 5.91 Å². The maximum absolute atomic E-state index is 13.0. The summed E-state index contributed by atoms with van der Waals surface area (Å²) in [4.78, 5) is 37.6. The summed E-state index contributed by atoms with van der Waals surface area (Å²) in [5.74, 6) is 1.22. The van der Waals surface area contributed by atoms with Gasteiger partial charge >= 0.3 is 6.03 Å². The fourth-order valence-corrected chi connectivity index (χ4v) is 4.10. The number of methoxy groups -OCH3 is 2. The maximum atomic E-state index is 13.0. The van der Waals surface area contributed by atoms with E-state index in [2.05, 4.69) is 9.88 Å². The molecular formula is C23H29N5O4. The van der Waals surface area contributed by atoms with Crippen molar-refractivity contribution in [3.63, 3.8) is 0 Å². The number of aromatic nitrogens is 1. The Bertz CT molecular complexity index is 947. The second-order valence-electron chi connectivity index (χ2n) is 7.87. The topological polar surface area (TPSA) is 78.5 Å². The van der Waals surface area contributed by atoms with E-state index in [-0.39, 0.29) is 18.5 Å². The molecular weight excluding hydrogens is 410 g/mol. The van der Waals surface area contributed by atoms with Gasteiger partial charge in [0, 0.05) is 58.1 Å². The molecule has 0 atom stereocenters. The molecule has 170 valence electrons. The first kappa shape index (κ1) is 21.9. The van der Waals surface area contributed by atoms with Gasteiger partial charge in [-0.2, -0.15) is 0 Å². The second kappa shape index (κ2) is 9.86. The Morgan fingerprint density at radius 2 is 1.81 bits per heavy atom. The largest absolute Gasteiger partial charge is 0.497 e. The number of urea groups is 1. The quantitative estimate of drug-likeness (QED) is 0.653. The van der Waals surface area contributed by atoms with Crippen LogP contribution < -0.4 is 14.4 Å².